The van der Waals surface area contributed by atoms with Crippen LogP contribution in [0.2, 0.25) is 0 Å². The van der Waals surface area contributed by atoms with Gasteiger partial charge in [0.15, 0.2) is 0 Å². The summed E-state index contributed by atoms with van der Waals surface area (Å²) < 4.78 is 0. The van der Waals surface area contributed by atoms with Gasteiger partial charge in [-0.1, -0.05) is 18.2 Å². The predicted octanol–water partition coefficient (Wildman–Crippen LogP) is 3.25. The molecular formula is C15H10N4. The minimum absolute atomic E-state index is 0.516. The molecule has 0 radical (unpaired) electrons. The zero-order valence-corrected chi connectivity index (χ0v) is 10.0. The van der Waals surface area contributed by atoms with Gasteiger partial charge in [-0.25, -0.2) is 4.98 Å². The standard InChI is InChI=1S/C15H10N4/c16-9-12-8-11-4-1-2-6-14(11)19-15(12)18-13-5-3-7-17-10-13/h1-8,10H,(H,18,19). The molecule has 0 saturated carbocycles. The zero-order valence-electron chi connectivity index (χ0n) is 10.0. The summed E-state index contributed by atoms with van der Waals surface area (Å²) in [5, 5.41) is 13.3. The Hall–Kier alpha value is -2.93. The Morgan fingerprint density at radius 2 is 2.00 bits per heavy atom. The van der Waals surface area contributed by atoms with E-state index in [0.717, 1.165) is 16.6 Å². The van der Waals surface area contributed by atoms with Gasteiger partial charge in [0.25, 0.3) is 0 Å². The van der Waals surface area contributed by atoms with Gasteiger partial charge in [0, 0.05) is 11.6 Å². The maximum atomic E-state index is 9.21. The van der Waals surface area contributed by atoms with Crippen LogP contribution in [0.3, 0.4) is 0 Å². The van der Waals surface area contributed by atoms with Gasteiger partial charge in [-0.15, -0.1) is 0 Å². The van der Waals surface area contributed by atoms with Crippen molar-refractivity contribution in [3.05, 3.63) is 60.4 Å². The van der Waals surface area contributed by atoms with Gasteiger partial charge in [0.1, 0.15) is 11.9 Å². The van der Waals surface area contributed by atoms with E-state index >= 15 is 0 Å². The third kappa shape index (κ3) is 2.22. The van der Waals surface area contributed by atoms with Gasteiger partial charge >= 0.3 is 0 Å². The molecule has 0 atom stereocenters. The molecule has 0 spiro atoms. The average Bonchev–Trinajstić information content (AvgIpc) is 2.47. The van der Waals surface area contributed by atoms with Crippen molar-refractivity contribution in [3.63, 3.8) is 0 Å². The van der Waals surface area contributed by atoms with Crippen LogP contribution in [0, 0.1) is 11.3 Å². The molecule has 4 nitrogen and oxygen atoms in total. The second kappa shape index (κ2) is 4.75. The summed E-state index contributed by atoms with van der Waals surface area (Å²) in [5.74, 6) is 0.550. The van der Waals surface area contributed by atoms with E-state index in [9.17, 15) is 5.26 Å². The Kier molecular flexibility index (Phi) is 2.79. The van der Waals surface area contributed by atoms with Gasteiger partial charge in [-0.05, 0) is 24.3 Å². The van der Waals surface area contributed by atoms with E-state index in [1.807, 2.05) is 42.5 Å². The lowest BCUT2D eigenvalue weighted by Gasteiger charge is -2.08. The molecule has 2 aromatic heterocycles. The third-order valence-electron chi connectivity index (χ3n) is 2.77. The first-order chi connectivity index (χ1) is 9.36. The second-order valence-corrected chi connectivity index (χ2v) is 4.06. The molecule has 0 aliphatic carbocycles. The number of pyridine rings is 2. The molecule has 0 aliphatic heterocycles. The van der Waals surface area contributed by atoms with Gasteiger partial charge in [0.2, 0.25) is 0 Å². The highest BCUT2D eigenvalue weighted by molar-refractivity contribution is 5.83. The Bertz CT molecular complexity index is 760. The van der Waals surface area contributed by atoms with Gasteiger partial charge in [-0.2, -0.15) is 5.26 Å². The quantitative estimate of drug-likeness (QED) is 0.754. The number of nitrogens with zero attached hydrogens (tertiary/aromatic N) is 3. The number of aromatic nitrogens is 2. The number of anilines is 2. The van der Waals surface area contributed by atoms with Crippen LogP contribution in [0.4, 0.5) is 11.5 Å². The highest BCUT2D eigenvalue weighted by Gasteiger charge is 2.06. The number of hydrogen-bond acceptors (Lipinski definition) is 4. The molecule has 0 fully saturated rings. The topological polar surface area (TPSA) is 61.6 Å². The zero-order chi connectivity index (χ0) is 13.1. The van der Waals surface area contributed by atoms with Gasteiger partial charge in [0.05, 0.1) is 23.0 Å². The Balaban J connectivity index is 2.10. The maximum Gasteiger partial charge on any atom is 0.149 e. The number of rotatable bonds is 2. The van der Waals surface area contributed by atoms with Crippen molar-refractivity contribution in [1.82, 2.24) is 9.97 Å². The lowest BCUT2D eigenvalue weighted by molar-refractivity contribution is 1.29. The number of nitriles is 1. The van der Waals surface area contributed by atoms with Crippen LogP contribution in [-0.4, -0.2) is 9.97 Å². The van der Waals surface area contributed by atoms with Crippen LogP contribution in [0.25, 0.3) is 10.9 Å². The molecular weight excluding hydrogens is 236 g/mol. The molecule has 0 aliphatic rings. The van der Waals surface area contributed by atoms with Crippen LogP contribution >= 0.6 is 0 Å². The molecule has 3 rings (SSSR count). The first-order valence-corrected chi connectivity index (χ1v) is 5.84. The summed E-state index contributed by atoms with van der Waals surface area (Å²) in [4.78, 5) is 8.51. The van der Waals surface area contributed by atoms with Crippen molar-refractivity contribution < 1.29 is 0 Å². The monoisotopic (exact) mass is 246 g/mol. The summed E-state index contributed by atoms with van der Waals surface area (Å²) in [6.07, 6.45) is 3.39. The maximum absolute atomic E-state index is 9.21. The Morgan fingerprint density at radius 3 is 2.79 bits per heavy atom. The fourth-order valence-electron chi connectivity index (χ4n) is 1.87. The number of nitrogens with one attached hydrogen (secondary N) is 1. The average molecular weight is 246 g/mol. The molecule has 2 heterocycles. The van der Waals surface area contributed by atoms with E-state index < -0.39 is 0 Å². The molecule has 90 valence electrons. The highest BCUT2D eigenvalue weighted by Crippen LogP contribution is 2.22. The number of benzene rings is 1. The smallest absolute Gasteiger partial charge is 0.149 e. The molecule has 1 N–H and O–H groups in total. The molecule has 0 amide bonds. The number of fused-ring (bicyclic) bond motifs is 1. The van der Waals surface area contributed by atoms with E-state index in [4.69, 9.17) is 0 Å². The van der Waals surface area contributed by atoms with Crippen LogP contribution in [0.1, 0.15) is 5.56 Å². The lowest BCUT2D eigenvalue weighted by atomic mass is 10.1. The molecule has 1 aromatic carbocycles. The Labute approximate surface area is 110 Å². The molecule has 0 bridgehead atoms. The molecule has 3 aromatic rings. The van der Waals surface area contributed by atoms with E-state index in [-0.39, 0.29) is 0 Å². The van der Waals surface area contributed by atoms with Crippen molar-refractivity contribution >= 4 is 22.4 Å². The molecule has 19 heavy (non-hydrogen) atoms. The van der Waals surface area contributed by atoms with E-state index in [1.165, 1.54) is 0 Å². The van der Waals surface area contributed by atoms with Crippen LogP contribution in [0.15, 0.2) is 54.9 Å². The fraction of sp³-hybridized carbons (Fsp3) is 0. The largest absolute Gasteiger partial charge is 0.338 e. The molecule has 4 heteroatoms. The van der Waals surface area contributed by atoms with Crippen molar-refractivity contribution in [2.75, 3.05) is 5.32 Å². The molecule has 0 saturated heterocycles. The predicted molar refractivity (Wildman–Crippen MR) is 74.0 cm³/mol. The van der Waals surface area contributed by atoms with E-state index in [0.29, 0.717) is 11.4 Å². The van der Waals surface area contributed by atoms with E-state index in [1.54, 1.807) is 12.4 Å². The second-order valence-electron chi connectivity index (χ2n) is 4.06. The van der Waals surface area contributed by atoms with Gasteiger partial charge < -0.3 is 5.32 Å². The van der Waals surface area contributed by atoms with Gasteiger partial charge in [-0.3, -0.25) is 4.98 Å². The van der Waals surface area contributed by atoms with Crippen molar-refractivity contribution in [2.24, 2.45) is 0 Å². The SMILES string of the molecule is N#Cc1cc2ccccc2nc1Nc1cccnc1. The first-order valence-electron chi connectivity index (χ1n) is 5.84. The number of para-hydroxylation sites is 1. The van der Waals surface area contributed by atoms with Crippen LogP contribution < -0.4 is 5.32 Å². The summed E-state index contributed by atoms with van der Waals surface area (Å²) in [5.41, 5.74) is 2.18. The summed E-state index contributed by atoms with van der Waals surface area (Å²) in [6.45, 7) is 0. The normalized spacial score (nSPS) is 10.1. The third-order valence-corrected chi connectivity index (χ3v) is 2.77. The van der Waals surface area contributed by atoms with Crippen LogP contribution in [0.5, 0.6) is 0 Å². The van der Waals surface area contributed by atoms with E-state index in [2.05, 4.69) is 21.4 Å². The summed E-state index contributed by atoms with van der Waals surface area (Å²) in [7, 11) is 0. The minimum atomic E-state index is 0.516. The molecule has 0 unspecified atom stereocenters. The lowest BCUT2D eigenvalue weighted by Crippen LogP contribution is -1.97. The highest BCUT2D eigenvalue weighted by atomic mass is 15.0. The summed E-state index contributed by atoms with van der Waals surface area (Å²) in [6, 6.07) is 15.4. The van der Waals surface area contributed by atoms with Crippen molar-refractivity contribution in [3.8, 4) is 6.07 Å². The van der Waals surface area contributed by atoms with Crippen molar-refractivity contribution in [1.29, 1.82) is 5.26 Å². The van der Waals surface area contributed by atoms with Crippen molar-refractivity contribution in [2.45, 2.75) is 0 Å². The first kappa shape index (κ1) is 11.2. The minimum Gasteiger partial charge on any atom is -0.338 e. The summed E-state index contributed by atoms with van der Waals surface area (Å²) >= 11 is 0. The fourth-order valence-corrected chi connectivity index (χ4v) is 1.87. The number of hydrogen-bond donors (Lipinski definition) is 1. The Morgan fingerprint density at radius 1 is 1.11 bits per heavy atom. The van der Waals surface area contributed by atoms with Crippen LogP contribution in [-0.2, 0) is 0 Å².